The summed E-state index contributed by atoms with van der Waals surface area (Å²) < 4.78 is 42.3. The van der Waals surface area contributed by atoms with E-state index in [1.54, 1.807) is 17.9 Å². The molecular formula is C29H28F3N3O2. The Morgan fingerprint density at radius 2 is 1.68 bits per heavy atom. The Morgan fingerprint density at radius 1 is 1.00 bits per heavy atom. The minimum atomic E-state index is -0.956. The molecule has 0 saturated heterocycles. The minimum Gasteiger partial charge on any atom is -0.348 e. The van der Waals surface area contributed by atoms with Crippen molar-refractivity contribution in [3.8, 4) is 0 Å². The smallest absolute Gasteiger partial charge is 0.323 e. The molecule has 1 saturated carbocycles. The van der Waals surface area contributed by atoms with Crippen LogP contribution in [0.15, 0.2) is 66.7 Å². The van der Waals surface area contributed by atoms with Gasteiger partial charge in [0.2, 0.25) is 5.91 Å². The lowest BCUT2D eigenvalue weighted by atomic mass is 9.81. The quantitative estimate of drug-likeness (QED) is 0.417. The van der Waals surface area contributed by atoms with Crippen molar-refractivity contribution >= 4 is 17.6 Å². The van der Waals surface area contributed by atoms with Gasteiger partial charge in [0, 0.05) is 29.3 Å². The number of anilines is 1. The molecule has 37 heavy (non-hydrogen) atoms. The van der Waals surface area contributed by atoms with Gasteiger partial charge in [-0.05, 0) is 49.6 Å². The summed E-state index contributed by atoms with van der Waals surface area (Å²) in [6.07, 6.45) is 3.06. The van der Waals surface area contributed by atoms with Gasteiger partial charge in [-0.2, -0.15) is 0 Å². The number of halogens is 3. The van der Waals surface area contributed by atoms with Crippen LogP contribution in [0.4, 0.5) is 23.7 Å². The van der Waals surface area contributed by atoms with E-state index < -0.39 is 47.0 Å². The molecule has 2 N–H and O–H groups in total. The number of rotatable bonds is 6. The largest absolute Gasteiger partial charge is 0.348 e. The van der Waals surface area contributed by atoms with E-state index in [0.717, 1.165) is 30.5 Å². The van der Waals surface area contributed by atoms with Gasteiger partial charge < -0.3 is 15.5 Å². The zero-order valence-corrected chi connectivity index (χ0v) is 20.4. The van der Waals surface area contributed by atoms with Gasteiger partial charge in [-0.25, -0.2) is 18.0 Å². The highest BCUT2D eigenvalue weighted by molar-refractivity contribution is 5.97. The molecule has 0 aromatic heterocycles. The number of nitrogens with one attached hydrogen (secondary N) is 2. The molecule has 3 aromatic carbocycles. The monoisotopic (exact) mass is 507 g/mol. The summed E-state index contributed by atoms with van der Waals surface area (Å²) >= 11 is 0. The molecule has 1 spiro atoms. The Hall–Kier alpha value is -3.81. The molecule has 1 aliphatic carbocycles. The second kappa shape index (κ2) is 9.92. The lowest BCUT2D eigenvalue weighted by molar-refractivity contribution is -0.128. The van der Waals surface area contributed by atoms with E-state index in [0.29, 0.717) is 24.1 Å². The molecule has 3 amide bonds. The van der Waals surface area contributed by atoms with E-state index in [-0.39, 0.29) is 12.0 Å². The number of hydrogen-bond donors (Lipinski definition) is 2. The molecule has 8 heteroatoms. The molecule has 0 bridgehead atoms. The van der Waals surface area contributed by atoms with Crippen molar-refractivity contribution in [1.82, 2.24) is 10.2 Å². The minimum absolute atomic E-state index is 0.138. The standard InChI is InChI=1S/C29H28F3N3O2/c1-18(22-11-9-21(31)17-24(22)32)33-27(36)26(15-19-7-3-2-4-8-19)35-28(37)34-25-12-10-20(30)16-23(25)29(35)13-5-6-14-29/h2-4,7-12,16-18,26H,5-6,13-15H2,1H3,(H,33,36)(H,34,37)/t18-,26-/m0/s1. The van der Waals surface area contributed by atoms with E-state index in [1.165, 1.54) is 18.2 Å². The maximum atomic E-state index is 14.5. The summed E-state index contributed by atoms with van der Waals surface area (Å²) in [5.41, 5.74) is 1.34. The van der Waals surface area contributed by atoms with Crippen LogP contribution in [-0.2, 0) is 16.8 Å². The number of carbonyl (C=O) groups is 2. The van der Waals surface area contributed by atoms with E-state index in [9.17, 15) is 22.8 Å². The number of fused-ring (bicyclic) bond motifs is 2. The summed E-state index contributed by atoms with van der Waals surface area (Å²) in [7, 11) is 0. The molecule has 192 valence electrons. The van der Waals surface area contributed by atoms with Crippen molar-refractivity contribution < 1.29 is 22.8 Å². The highest BCUT2D eigenvalue weighted by atomic mass is 19.1. The molecule has 0 unspecified atom stereocenters. The van der Waals surface area contributed by atoms with E-state index in [4.69, 9.17) is 0 Å². The molecule has 1 heterocycles. The SMILES string of the molecule is C[C@H](NC(=O)[C@H](Cc1ccccc1)N1C(=O)Nc2ccc(F)cc2C12CCCC2)c1ccc(F)cc1F. The normalized spacial score (nSPS) is 17.7. The molecule has 5 rings (SSSR count). The van der Waals surface area contributed by atoms with Crippen LogP contribution in [0.1, 0.15) is 55.3 Å². The van der Waals surface area contributed by atoms with Crippen LogP contribution < -0.4 is 10.6 Å². The van der Waals surface area contributed by atoms with Gasteiger partial charge >= 0.3 is 6.03 Å². The summed E-state index contributed by atoms with van der Waals surface area (Å²) in [5.74, 6) is -2.35. The molecule has 5 nitrogen and oxygen atoms in total. The fourth-order valence-electron chi connectivity index (χ4n) is 5.80. The van der Waals surface area contributed by atoms with Crippen molar-refractivity contribution in [2.75, 3.05) is 5.32 Å². The van der Waals surface area contributed by atoms with Gasteiger partial charge in [0.1, 0.15) is 23.5 Å². The third-order valence-electron chi connectivity index (χ3n) is 7.51. The third-order valence-corrected chi connectivity index (χ3v) is 7.51. The topological polar surface area (TPSA) is 61.4 Å². The summed E-state index contributed by atoms with van der Waals surface area (Å²) in [5, 5.41) is 5.69. The second-order valence-electron chi connectivity index (χ2n) is 9.83. The van der Waals surface area contributed by atoms with Gasteiger partial charge in [-0.3, -0.25) is 4.79 Å². The van der Waals surface area contributed by atoms with Crippen LogP contribution in [0.2, 0.25) is 0 Å². The number of carbonyl (C=O) groups excluding carboxylic acids is 2. The third kappa shape index (κ3) is 4.68. The van der Waals surface area contributed by atoms with Gasteiger partial charge in [-0.1, -0.05) is 49.2 Å². The van der Waals surface area contributed by atoms with Gasteiger partial charge in [-0.15, -0.1) is 0 Å². The average Bonchev–Trinajstić information content (AvgIpc) is 3.34. The first kappa shape index (κ1) is 24.9. The second-order valence-corrected chi connectivity index (χ2v) is 9.83. The van der Waals surface area contributed by atoms with Gasteiger partial charge in [0.05, 0.1) is 11.6 Å². The van der Waals surface area contributed by atoms with Crippen molar-refractivity contribution in [2.24, 2.45) is 0 Å². The van der Waals surface area contributed by atoms with E-state index in [1.807, 2.05) is 30.3 Å². The summed E-state index contributed by atoms with van der Waals surface area (Å²) in [6, 6.07) is 14.7. The van der Waals surface area contributed by atoms with Crippen LogP contribution >= 0.6 is 0 Å². The fraction of sp³-hybridized carbons (Fsp3) is 0.310. The first-order valence-corrected chi connectivity index (χ1v) is 12.5. The zero-order chi connectivity index (χ0) is 26.2. The summed E-state index contributed by atoms with van der Waals surface area (Å²) in [4.78, 5) is 29.1. The van der Waals surface area contributed by atoms with Gasteiger partial charge in [0.25, 0.3) is 0 Å². The van der Waals surface area contributed by atoms with Crippen LogP contribution in [0, 0.1) is 17.5 Å². The highest BCUT2D eigenvalue weighted by Crippen LogP contribution is 2.50. The molecular weight excluding hydrogens is 479 g/mol. The molecule has 1 aliphatic heterocycles. The molecule has 3 aromatic rings. The Morgan fingerprint density at radius 3 is 2.38 bits per heavy atom. The van der Waals surface area contributed by atoms with Crippen molar-refractivity contribution in [3.63, 3.8) is 0 Å². The first-order valence-electron chi connectivity index (χ1n) is 12.5. The predicted octanol–water partition coefficient (Wildman–Crippen LogP) is 6.21. The predicted molar refractivity (Wildman–Crippen MR) is 134 cm³/mol. The molecule has 1 fully saturated rings. The zero-order valence-electron chi connectivity index (χ0n) is 20.4. The van der Waals surface area contributed by atoms with Gasteiger partial charge in [0.15, 0.2) is 0 Å². The number of nitrogens with zero attached hydrogens (tertiary/aromatic N) is 1. The Kier molecular flexibility index (Phi) is 6.67. The number of urea groups is 1. The fourth-order valence-corrected chi connectivity index (χ4v) is 5.80. The summed E-state index contributed by atoms with van der Waals surface area (Å²) in [6.45, 7) is 1.61. The molecule has 0 radical (unpaired) electrons. The van der Waals surface area contributed by atoms with Crippen LogP contribution in [0.25, 0.3) is 0 Å². The first-order chi connectivity index (χ1) is 17.8. The Labute approximate surface area is 213 Å². The lowest BCUT2D eigenvalue weighted by Gasteiger charge is -2.49. The van der Waals surface area contributed by atoms with Crippen molar-refractivity contribution in [2.45, 2.75) is 56.7 Å². The molecule has 2 aliphatic rings. The molecule has 2 atom stereocenters. The van der Waals surface area contributed by atoms with Crippen molar-refractivity contribution in [3.05, 3.63) is 101 Å². The van der Waals surface area contributed by atoms with Crippen LogP contribution in [-0.4, -0.2) is 22.9 Å². The lowest BCUT2D eigenvalue weighted by Crippen LogP contribution is -2.62. The number of hydrogen-bond acceptors (Lipinski definition) is 2. The van der Waals surface area contributed by atoms with Crippen molar-refractivity contribution in [1.29, 1.82) is 0 Å². The Balaban J connectivity index is 1.55. The van der Waals surface area contributed by atoms with Crippen LogP contribution in [0.3, 0.4) is 0 Å². The number of benzene rings is 3. The van der Waals surface area contributed by atoms with E-state index >= 15 is 0 Å². The van der Waals surface area contributed by atoms with Crippen LogP contribution in [0.5, 0.6) is 0 Å². The maximum absolute atomic E-state index is 14.5. The highest BCUT2D eigenvalue weighted by Gasteiger charge is 2.52. The number of amides is 3. The van der Waals surface area contributed by atoms with E-state index in [2.05, 4.69) is 10.6 Å². The maximum Gasteiger partial charge on any atom is 0.323 e. The average molecular weight is 508 g/mol. The Bertz CT molecular complexity index is 1330.